The zero-order chi connectivity index (χ0) is 31.6. The summed E-state index contributed by atoms with van der Waals surface area (Å²) in [6.45, 7) is -0.284. The first kappa shape index (κ1) is 32.2. The standard InChI is InChI=1S/C31H39N7O6/c32-12-6-5-9-22(33)28(40)38-27(17-39)30(42)36-25(13-18-15-34-23-10-3-1-7-20(18)23)29(41)37-26(31(43)44)14-19-16-35-24-11-4-2-8-21(19)24/h1-4,7-8,10-11,15-16,22,25-27,34-35,39H,5-6,9,12-14,17,32-33H2,(H,36,42)(H,37,41)(H,38,40)(H,43,44). The molecular weight excluding hydrogens is 566 g/mol. The molecule has 4 aromatic rings. The van der Waals surface area contributed by atoms with Crippen LogP contribution in [-0.2, 0) is 32.0 Å². The van der Waals surface area contributed by atoms with Crippen molar-refractivity contribution in [3.8, 4) is 0 Å². The van der Waals surface area contributed by atoms with Crippen molar-refractivity contribution in [2.24, 2.45) is 11.5 Å². The number of unbranched alkanes of at least 4 members (excludes halogenated alkanes) is 1. The number of carboxylic acids is 1. The Balaban J connectivity index is 1.52. The fourth-order valence-electron chi connectivity index (χ4n) is 5.11. The lowest BCUT2D eigenvalue weighted by atomic mass is 10.0. The van der Waals surface area contributed by atoms with Crippen LogP contribution in [0.4, 0.5) is 0 Å². The highest BCUT2D eigenvalue weighted by Gasteiger charge is 2.31. The number of aliphatic hydroxyl groups excluding tert-OH is 1. The van der Waals surface area contributed by atoms with Crippen LogP contribution in [0.3, 0.4) is 0 Å². The molecule has 4 unspecified atom stereocenters. The molecule has 13 heteroatoms. The van der Waals surface area contributed by atoms with Gasteiger partial charge < -0.3 is 47.6 Å². The largest absolute Gasteiger partial charge is 0.480 e. The number of nitrogens with two attached hydrogens (primary N) is 2. The van der Waals surface area contributed by atoms with Crippen molar-refractivity contribution in [3.63, 3.8) is 0 Å². The van der Waals surface area contributed by atoms with Crippen LogP contribution in [0, 0.1) is 0 Å². The number of nitrogens with one attached hydrogen (secondary N) is 5. The predicted molar refractivity (Wildman–Crippen MR) is 165 cm³/mol. The molecule has 234 valence electrons. The summed E-state index contributed by atoms with van der Waals surface area (Å²) in [5.41, 5.74) is 14.5. The molecule has 13 nitrogen and oxygen atoms in total. The number of carbonyl (C=O) groups excluding carboxylic acids is 3. The number of para-hydroxylation sites is 2. The molecule has 0 saturated carbocycles. The third-order valence-electron chi connectivity index (χ3n) is 7.57. The number of carbonyl (C=O) groups is 4. The second kappa shape index (κ2) is 15.1. The van der Waals surface area contributed by atoms with Gasteiger partial charge in [0.2, 0.25) is 17.7 Å². The molecule has 0 aliphatic carbocycles. The van der Waals surface area contributed by atoms with Crippen molar-refractivity contribution in [1.29, 1.82) is 0 Å². The maximum absolute atomic E-state index is 13.6. The van der Waals surface area contributed by atoms with Gasteiger partial charge in [0.1, 0.15) is 18.1 Å². The Kier molecular flexibility index (Phi) is 11.1. The van der Waals surface area contributed by atoms with Gasteiger partial charge in [0.05, 0.1) is 12.6 Å². The maximum atomic E-state index is 13.6. The Morgan fingerprint density at radius 2 is 1.23 bits per heavy atom. The van der Waals surface area contributed by atoms with Crippen LogP contribution in [0.1, 0.15) is 30.4 Å². The number of hydrogen-bond donors (Lipinski definition) is 9. The smallest absolute Gasteiger partial charge is 0.326 e. The molecule has 11 N–H and O–H groups in total. The van der Waals surface area contributed by atoms with Crippen LogP contribution < -0.4 is 27.4 Å². The van der Waals surface area contributed by atoms with Gasteiger partial charge in [0.15, 0.2) is 0 Å². The fourth-order valence-corrected chi connectivity index (χ4v) is 5.11. The summed E-state index contributed by atoms with van der Waals surface area (Å²) >= 11 is 0. The number of aromatic nitrogens is 2. The minimum Gasteiger partial charge on any atom is -0.480 e. The lowest BCUT2D eigenvalue weighted by molar-refractivity contribution is -0.142. The molecular formula is C31H39N7O6. The van der Waals surface area contributed by atoms with Crippen LogP contribution in [0.2, 0.25) is 0 Å². The molecule has 2 aromatic carbocycles. The van der Waals surface area contributed by atoms with E-state index in [4.69, 9.17) is 11.5 Å². The molecule has 0 saturated heterocycles. The highest BCUT2D eigenvalue weighted by atomic mass is 16.4. The van der Waals surface area contributed by atoms with Crippen LogP contribution >= 0.6 is 0 Å². The molecule has 44 heavy (non-hydrogen) atoms. The number of hydrogen-bond acceptors (Lipinski definition) is 7. The van der Waals surface area contributed by atoms with Crippen molar-refractivity contribution in [2.45, 2.75) is 56.3 Å². The molecule has 0 aliphatic rings. The Morgan fingerprint density at radius 1 is 0.727 bits per heavy atom. The number of amides is 3. The molecule has 0 aliphatic heterocycles. The third-order valence-corrected chi connectivity index (χ3v) is 7.57. The van der Waals surface area contributed by atoms with E-state index >= 15 is 0 Å². The van der Waals surface area contributed by atoms with Gasteiger partial charge >= 0.3 is 5.97 Å². The first-order valence-electron chi connectivity index (χ1n) is 14.5. The van der Waals surface area contributed by atoms with E-state index in [1.165, 1.54) is 0 Å². The molecule has 3 amide bonds. The van der Waals surface area contributed by atoms with E-state index < -0.39 is 54.5 Å². The average Bonchev–Trinajstić information content (AvgIpc) is 3.62. The van der Waals surface area contributed by atoms with E-state index in [1.807, 2.05) is 48.5 Å². The summed E-state index contributed by atoms with van der Waals surface area (Å²) in [5, 5.41) is 29.2. The number of aliphatic hydroxyl groups is 1. The second-order valence-electron chi connectivity index (χ2n) is 10.7. The number of aliphatic carboxylic acids is 1. The van der Waals surface area contributed by atoms with Crippen molar-refractivity contribution in [3.05, 3.63) is 72.1 Å². The molecule has 4 rings (SSSR count). The first-order valence-corrected chi connectivity index (χ1v) is 14.5. The molecule has 4 atom stereocenters. The summed E-state index contributed by atoms with van der Waals surface area (Å²) < 4.78 is 0. The number of benzene rings is 2. The first-order chi connectivity index (χ1) is 21.2. The number of aromatic amines is 2. The maximum Gasteiger partial charge on any atom is 0.326 e. The third kappa shape index (κ3) is 8.01. The van der Waals surface area contributed by atoms with Crippen molar-refractivity contribution in [2.75, 3.05) is 13.2 Å². The normalized spacial score (nSPS) is 14.1. The average molecular weight is 606 g/mol. The van der Waals surface area contributed by atoms with E-state index in [-0.39, 0.29) is 12.8 Å². The Morgan fingerprint density at radius 3 is 1.77 bits per heavy atom. The predicted octanol–water partition coefficient (Wildman–Crippen LogP) is 0.422. The summed E-state index contributed by atoms with van der Waals surface area (Å²) in [5.74, 6) is -3.43. The molecule has 0 spiro atoms. The van der Waals surface area contributed by atoms with Gasteiger partial charge in [-0.05, 0) is 42.6 Å². The van der Waals surface area contributed by atoms with E-state index in [0.717, 1.165) is 21.8 Å². The van der Waals surface area contributed by atoms with Gasteiger partial charge in [-0.25, -0.2) is 4.79 Å². The van der Waals surface area contributed by atoms with Gasteiger partial charge in [-0.3, -0.25) is 14.4 Å². The Labute approximate surface area is 253 Å². The number of H-pyrrole nitrogens is 2. The Hall–Kier alpha value is -4.72. The number of fused-ring (bicyclic) bond motifs is 2. The summed E-state index contributed by atoms with van der Waals surface area (Å²) in [6, 6.07) is 9.99. The summed E-state index contributed by atoms with van der Waals surface area (Å²) in [6.07, 6.45) is 5.07. The van der Waals surface area contributed by atoms with Gasteiger partial charge in [-0.1, -0.05) is 42.8 Å². The van der Waals surface area contributed by atoms with Gasteiger partial charge in [-0.15, -0.1) is 0 Å². The van der Waals surface area contributed by atoms with Crippen molar-refractivity contribution < 1.29 is 29.4 Å². The van der Waals surface area contributed by atoms with E-state index in [2.05, 4.69) is 25.9 Å². The molecule has 2 heterocycles. The topological polar surface area (TPSA) is 228 Å². The van der Waals surface area contributed by atoms with Gasteiger partial charge in [0.25, 0.3) is 0 Å². The fraction of sp³-hybridized carbons (Fsp3) is 0.355. The van der Waals surface area contributed by atoms with Crippen LogP contribution in [0.25, 0.3) is 21.8 Å². The monoisotopic (exact) mass is 605 g/mol. The summed E-state index contributed by atoms with van der Waals surface area (Å²) in [7, 11) is 0. The Bertz CT molecular complexity index is 1600. The quantitative estimate of drug-likeness (QED) is 0.0811. The molecule has 0 bridgehead atoms. The van der Waals surface area contributed by atoms with Crippen molar-refractivity contribution >= 4 is 45.5 Å². The number of rotatable bonds is 16. The minimum atomic E-state index is -1.39. The van der Waals surface area contributed by atoms with E-state index in [1.54, 1.807) is 12.4 Å². The minimum absolute atomic E-state index is 0.00376. The zero-order valence-corrected chi connectivity index (χ0v) is 24.2. The summed E-state index contributed by atoms with van der Waals surface area (Å²) in [4.78, 5) is 58.0. The highest BCUT2D eigenvalue weighted by molar-refractivity contribution is 5.95. The lowest BCUT2D eigenvalue weighted by Crippen LogP contribution is -2.58. The SMILES string of the molecule is NCCCCC(N)C(=O)NC(CO)C(=O)NC(Cc1c[nH]c2ccccc12)C(=O)NC(Cc1c[nH]c2ccccc12)C(=O)O. The van der Waals surface area contributed by atoms with Crippen LogP contribution in [0.5, 0.6) is 0 Å². The zero-order valence-electron chi connectivity index (χ0n) is 24.2. The van der Waals surface area contributed by atoms with Gasteiger partial charge in [-0.2, -0.15) is 0 Å². The molecule has 0 fully saturated rings. The van der Waals surface area contributed by atoms with Crippen LogP contribution in [0.15, 0.2) is 60.9 Å². The number of carboxylic acid groups (broad SMARTS) is 1. The van der Waals surface area contributed by atoms with Crippen molar-refractivity contribution in [1.82, 2.24) is 25.9 Å². The van der Waals surface area contributed by atoms with E-state index in [9.17, 15) is 29.4 Å². The lowest BCUT2D eigenvalue weighted by Gasteiger charge is -2.24. The van der Waals surface area contributed by atoms with E-state index in [0.29, 0.717) is 36.9 Å². The second-order valence-corrected chi connectivity index (χ2v) is 10.7. The van der Waals surface area contributed by atoms with Crippen LogP contribution in [-0.4, -0.2) is 81.2 Å². The van der Waals surface area contributed by atoms with Gasteiger partial charge in [0, 0.05) is 47.0 Å². The molecule has 2 aromatic heterocycles. The highest BCUT2D eigenvalue weighted by Crippen LogP contribution is 2.21. The molecule has 0 radical (unpaired) electrons.